The average molecular weight is 212 g/mol. The summed E-state index contributed by atoms with van der Waals surface area (Å²) in [6, 6.07) is 0. The third-order valence-corrected chi connectivity index (χ3v) is 3.91. The van der Waals surface area contributed by atoms with E-state index in [0.29, 0.717) is 0 Å². The van der Waals surface area contributed by atoms with Crippen LogP contribution < -0.4 is 0 Å². The minimum Gasteiger partial charge on any atom is -0.148 e. The van der Waals surface area contributed by atoms with Crippen LogP contribution in [-0.2, 0) is 0 Å². The predicted octanol–water partition coefficient (Wildman–Crippen LogP) is 4.82. The molecule has 0 aliphatic heterocycles. The second-order valence-corrected chi connectivity index (χ2v) is 5.35. The molecule has 0 saturated carbocycles. The van der Waals surface area contributed by atoms with Crippen LogP contribution in [0.25, 0.3) is 0 Å². The summed E-state index contributed by atoms with van der Waals surface area (Å²) in [5.41, 5.74) is 0. The number of hydrogen-bond acceptors (Lipinski definition) is 1. The van der Waals surface area contributed by atoms with Gasteiger partial charge in [-0.25, -0.2) is 0 Å². The quantitative estimate of drug-likeness (QED) is 0.621. The topological polar surface area (TPSA) is 0 Å². The van der Waals surface area contributed by atoms with Crippen LogP contribution in [0.15, 0.2) is 11.0 Å². The highest BCUT2D eigenvalue weighted by Gasteiger charge is 2.12. The molecule has 0 saturated heterocycles. The van der Waals surface area contributed by atoms with Gasteiger partial charge in [0.05, 0.1) is 0 Å². The normalized spacial score (nSPS) is 24.5. The molecule has 0 nitrogen and oxygen atoms in total. The largest absolute Gasteiger partial charge is 0.148 e. The Bertz CT molecular complexity index is 184. The summed E-state index contributed by atoms with van der Waals surface area (Å²) < 4.78 is 0. The number of rotatable bonds is 5. The zero-order valence-corrected chi connectivity index (χ0v) is 10.5. The molecule has 0 spiro atoms. The maximum atomic E-state index is 4.40. The van der Waals surface area contributed by atoms with Crippen molar-refractivity contribution in [2.75, 3.05) is 0 Å². The number of allylic oxidation sites excluding steroid dienone is 2. The Labute approximate surface area is 94.6 Å². The summed E-state index contributed by atoms with van der Waals surface area (Å²) in [6.45, 7) is 4.66. The van der Waals surface area contributed by atoms with E-state index in [2.05, 4.69) is 32.6 Å². The molecule has 0 bridgehead atoms. The van der Waals surface area contributed by atoms with Crippen molar-refractivity contribution in [2.45, 2.75) is 58.8 Å². The predicted molar refractivity (Wildman–Crippen MR) is 67.7 cm³/mol. The van der Waals surface area contributed by atoms with Gasteiger partial charge >= 0.3 is 0 Å². The third kappa shape index (κ3) is 4.54. The van der Waals surface area contributed by atoms with E-state index in [1.165, 1.54) is 49.9 Å². The van der Waals surface area contributed by atoms with Gasteiger partial charge in [0.1, 0.15) is 0 Å². The van der Waals surface area contributed by atoms with Gasteiger partial charge in [-0.2, -0.15) is 0 Å². The molecule has 82 valence electrons. The van der Waals surface area contributed by atoms with E-state index in [-0.39, 0.29) is 0 Å². The Morgan fingerprint density at radius 3 is 2.93 bits per heavy atom. The van der Waals surface area contributed by atoms with Crippen molar-refractivity contribution < 1.29 is 0 Å². The minimum atomic E-state index is 0.926. The number of hydrogen-bond donors (Lipinski definition) is 1. The Hall–Kier alpha value is 0.0900. The van der Waals surface area contributed by atoms with Gasteiger partial charge < -0.3 is 0 Å². The van der Waals surface area contributed by atoms with E-state index in [9.17, 15) is 0 Å². The average Bonchev–Trinajstić information content (AvgIpc) is 2.21. The van der Waals surface area contributed by atoms with Crippen molar-refractivity contribution in [1.82, 2.24) is 0 Å². The fourth-order valence-electron chi connectivity index (χ4n) is 2.10. The second-order valence-electron chi connectivity index (χ2n) is 4.78. The van der Waals surface area contributed by atoms with Crippen molar-refractivity contribution in [1.29, 1.82) is 0 Å². The molecule has 0 aromatic heterocycles. The molecule has 1 rings (SSSR count). The summed E-state index contributed by atoms with van der Waals surface area (Å²) in [4.78, 5) is 1.31. The summed E-state index contributed by atoms with van der Waals surface area (Å²) in [7, 11) is 0. The molecule has 0 amide bonds. The Balaban J connectivity index is 2.08. The van der Waals surface area contributed by atoms with Gasteiger partial charge in [-0.05, 0) is 36.0 Å². The molecule has 0 aromatic carbocycles. The first kappa shape index (κ1) is 12.2. The van der Waals surface area contributed by atoms with Crippen molar-refractivity contribution in [3.05, 3.63) is 11.0 Å². The van der Waals surface area contributed by atoms with E-state index in [1.54, 1.807) is 0 Å². The van der Waals surface area contributed by atoms with Crippen molar-refractivity contribution >= 4 is 12.6 Å². The van der Waals surface area contributed by atoms with Gasteiger partial charge in [0.25, 0.3) is 0 Å². The molecule has 0 N–H and O–H groups in total. The van der Waals surface area contributed by atoms with Crippen LogP contribution in [-0.4, -0.2) is 0 Å². The van der Waals surface area contributed by atoms with Crippen LogP contribution in [0.5, 0.6) is 0 Å². The molecule has 0 radical (unpaired) electrons. The summed E-state index contributed by atoms with van der Waals surface area (Å²) in [5, 5.41) is 0. The molecule has 1 aliphatic carbocycles. The molecule has 2 unspecified atom stereocenters. The first-order chi connectivity index (χ1) is 6.72. The third-order valence-electron chi connectivity index (χ3n) is 3.50. The zero-order valence-electron chi connectivity index (χ0n) is 9.63. The van der Waals surface area contributed by atoms with E-state index in [0.717, 1.165) is 11.8 Å². The van der Waals surface area contributed by atoms with Gasteiger partial charge in [-0.15, -0.1) is 12.6 Å². The highest BCUT2D eigenvalue weighted by Crippen LogP contribution is 2.29. The second kappa shape index (κ2) is 6.55. The lowest BCUT2D eigenvalue weighted by Gasteiger charge is -2.20. The van der Waals surface area contributed by atoms with E-state index < -0.39 is 0 Å². The van der Waals surface area contributed by atoms with Crippen LogP contribution in [0.4, 0.5) is 0 Å². The van der Waals surface area contributed by atoms with Crippen LogP contribution >= 0.6 is 12.6 Å². The van der Waals surface area contributed by atoms with E-state index in [4.69, 9.17) is 0 Å². The fourth-order valence-corrected chi connectivity index (χ4v) is 2.33. The highest BCUT2D eigenvalue weighted by atomic mass is 32.1. The van der Waals surface area contributed by atoms with E-state index in [1.807, 2.05) is 0 Å². The summed E-state index contributed by atoms with van der Waals surface area (Å²) in [5.74, 6) is 1.88. The van der Waals surface area contributed by atoms with Crippen molar-refractivity contribution in [3.8, 4) is 0 Å². The molecular formula is C13H24S. The van der Waals surface area contributed by atoms with Gasteiger partial charge in [0, 0.05) is 0 Å². The first-order valence-corrected chi connectivity index (χ1v) is 6.55. The lowest BCUT2D eigenvalue weighted by molar-refractivity contribution is 0.393. The molecular weight excluding hydrogens is 188 g/mol. The summed E-state index contributed by atoms with van der Waals surface area (Å²) in [6.07, 6.45) is 11.8. The van der Waals surface area contributed by atoms with Gasteiger partial charge in [0.2, 0.25) is 0 Å². The molecule has 14 heavy (non-hydrogen) atoms. The van der Waals surface area contributed by atoms with E-state index >= 15 is 0 Å². The first-order valence-electron chi connectivity index (χ1n) is 6.10. The Kier molecular flexibility index (Phi) is 5.69. The molecule has 0 heterocycles. The van der Waals surface area contributed by atoms with Crippen LogP contribution in [0, 0.1) is 11.8 Å². The van der Waals surface area contributed by atoms with Crippen LogP contribution in [0.1, 0.15) is 58.8 Å². The smallest absolute Gasteiger partial charge is 0.0222 e. The fraction of sp³-hybridized carbons (Fsp3) is 0.846. The molecule has 2 atom stereocenters. The molecule has 1 heteroatoms. The van der Waals surface area contributed by atoms with Crippen molar-refractivity contribution in [3.63, 3.8) is 0 Å². The maximum absolute atomic E-state index is 4.40. The highest BCUT2D eigenvalue weighted by molar-refractivity contribution is 7.84. The SMILES string of the molecule is CCC(C)CCCC1CC=C(S)CC1. The van der Waals surface area contributed by atoms with Crippen LogP contribution in [0.2, 0.25) is 0 Å². The molecule has 1 aliphatic rings. The van der Waals surface area contributed by atoms with Crippen LogP contribution in [0.3, 0.4) is 0 Å². The van der Waals surface area contributed by atoms with Gasteiger partial charge in [0.15, 0.2) is 0 Å². The maximum Gasteiger partial charge on any atom is -0.0222 e. The van der Waals surface area contributed by atoms with Gasteiger partial charge in [-0.1, -0.05) is 45.6 Å². The molecule has 0 aromatic rings. The lowest BCUT2D eigenvalue weighted by atomic mass is 9.88. The minimum absolute atomic E-state index is 0.926. The number of thiol groups is 1. The zero-order chi connectivity index (χ0) is 10.4. The monoisotopic (exact) mass is 212 g/mol. The lowest BCUT2D eigenvalue weighted by Crippen LogP contribution is -2.05. The Morgan fingerprint density at radius 2 is 2.36 bits per heavy atom. The standard InChI is InChI=1S/C13H24S/c1-3-11(2)5-4-6-12-7-9-13(14)10-8-12/h9,11-12,14H,3-8,10H2,1-2H3. The molecule has 0 fully saturated rings. The summed E-state index contributed by atoms with van der Waals surface area (Å²) >= 11 is 4.40. The van der Waals surface area contributed by atoms with Gasteiger partial charge in [-0.3, -0.25) is 0 Å². The Morgan fingerprint density at radius 1 is 1.57 bits per heavy atom. The van der Waals surface area contributed by atoms with Crippen molar-refractivity contribution in [2.24, 2.45) is 11.8 Å².